The SMILES string of the molecule is COc1ccc(CC(=O)c2[nH]nc(-c3ccccc3)c2O)c(O)c1. The summed E-state index contributed by atoms with van der Waals surface area (Å²) in [7, 11) is 1.49. The van der Waals surface area contributed by atoms with E-state index in [1.54, 1.807) is 24.3 Å². The second-order valence-corrected chi connectivity index (χ2v) is 5.26. The number of nitrogens with one attached hydrogen (secondary N) is 1. The third-order valence-electron chi connectivity index (χ3n) is 3.71. The monoisotopic (exact) mass is 324 g/mol. The molecule has 0 aliphatic rings. The Hall–Kier alpha value is -3.28. The molecule has 3 rings (SSSR count). The van der Waals surface area contributed by atoms with Crippen LogP contribution < -0.4 is 4.74 Å². The maximum Gasteiger partial charge on any atom is 0.188 e. The molecule has 0 amide bonds. The molecule has 2 aromatic carbocycles. The highest BCUT2D eigenvalue weighted by Crippen LogP contribution is 2.31. The van der Waals surface area contributed by atoms with Crippen LogP contribution in [0.3, 0.4) is 0 Å². The maximum atomic E-state index is 12.4. The van der Waals surface area contributed by atoms with E-state index in [1.807, 2.05) is 18.2 Å². The summed E-state index contributed by atoms with van der Waals surface area (Å²) >= 11 is 0. The molecule has 24 heavy (non-hydrogen) atoms. The van der Waals surface area contributed by atoms with E-state index in [0.29, 0.717) is 22.6 Å². The minimum Gasteiger partial charge on any atom is -0.508 e. The number of ether oxygens (including phenoxy) is 1. The number of phenols is 1. The summed E-state index contributed by atoms with van der Waals surface area (Å²) in [4.78, 5) is 12.4. The molecule has 1 heterocycles. The third kappa shape index (κ3) is 2.94. The van der Waals surface area contributed by atoms with Gasteiger partial charge in [0.15, 0.2) is 11.5 Å². The lowest BCUT2D eigenvalue weighted by atomic mass is 10.0. The van der Waals surface area contributed by atoms with Gasteiger partial charge in [0, 0.05) is 23.6 Å². The van der Waals surface area contributed by atoms with Crippen LogP contribution in [0.1, 0.15) is 16.1 Å². The van der Waals surface area contributed by atoms with Crippen molar-refractivity contribution in [2.75, 3.05) is 7.11 Å². The highest BCUT2D eigenvalue weighted by atomic mass is 16.5. The first kappa shape index (κ1) is 15.6. The molecule has 6 heteroatoms. The number of phenolic OH excluding ortho intramolecular Hbond substituents is 1. The van der Waals surface area contributed by atoms with E-state index in [9.17, 15) is 15.0 Å². The van der Waals surface area contributed by atoms with Crippen LogP contribution in [0.15, 0.2) is 48.5 Å². The van der Waals surface area contributed by atoms with Gasteiger partial charge in [0.25, 0.3) is 0 Å². The number of aromatic amines is 1. The number of H-pyrrole nitrogens is 1. The molecule has 0 aliphatic carbocycles. The predicted octanol–water partition coefficient (Wildman–Crippen LogP) is 2.92. The zero-order chi connectivity index (χ0) is 17.1. The molecule has 0 spiro atoms. The number of hydrogen-bond donors (Lipinski definition) is 3. The average molecular weight is 324 g/mol. The third-order valence-corrected chi connectivity index (χ3v) is 3.71. The number of Topliss-reactive ketones (excluding diaryl/α,β-unsaturated/α-hetero) is 1. The van der Waals surface area contributed by atoms with Crippen molar-refractivity contribution in [1.29, 1.82) is 0 Å². The van der Waals surface area contributed by atoms with Gasteiger partial charge in [-0.25, -0.2) is 0 Å². The largest absolute Gasteiger partial charge is 0.508 e. The minimum atomic E-state index is -0.373. The second kappa shape index (κ2) is 6.45. The van der Waals surface area contributed by atoms with Gasteiger partial charge in [-0.3, -0.25) is 9.89 Å². The van der Waals surface area contributed by atoms with Crippen molar-refractivity contribution in [3.05, 3.63) is 59.8 Å². The average Bonchev–Trinajstić information content (AvgIpc) is 2.99. The number of nitrogens with zero attached hydrogens (tertiary/aromatic N) is 1. The molecule has 122 valence electrons. The molecule has 0 radical (unpaired) electrons. The Kier molecular flexibility index (Phi) is 4.20. The molecule has 0 fully saturated rings. The molecule has 3 N–H and O–H groups in total. The number of carbonyl (C=O) groups is 1. The van der Waals surface area contributed by atoms with Crippen LogP contribution in [0.2, 0.25) is 0 Å². The first-order chi connectivity index (χ1) is 11.6. The zero-order valence-electron chi connectivity index (χ0n) is 13.0. The lowest BCUT2D eigenvalue weighted by Crippen LogP contribution is -2.05. The Balaban J connectivity index is 1.85. The molecule has 0 saturated carbocycles. The summed E-state index contributed by atoms with van der Waals surface area (Å²) < 4.78 is 5.01. The fourth-order valence-corrected chi connectivity index (χ4v) is 2.41. The van der Waals surface area contributed by atoms with E-state index in [2.05, 4.69) is 10.2 Å². The zero-order valence-corrected chi connectivity index (χ0v) is 13.0. The summed E-state index contributed by atoms with van der Waals surface area (Å²) in [5.41, 5.74) is 1.48. The topological polar surface area (TPSA) is 95.4 Å². The Bertz CT molecular complexity index is 872. The molecule has 3 aromatic rings. The standard InChI is InChI=1S/C18H16N2O4/c1-24-13-8-7-12(14(21)10-13)9-15(22)17-18(23)16(19-20-17)11-5-3-2-4-6-11/h2-8,10,21,23H,9H2,1H3,(H,19,20). The van der Waals surface area contributed by atoms with E-state index in [-0.39, 0.29) is 29.4 Å². The summed E-state index contributed by atoms with van der Waals surface area (Å²) in [5, 5.41) is 26.8. The number of aromatic hydroxyl groups is 2. The lowest BCUT2D eigenvalue weighted by molar-refractivity contribution is 0.0984. The van der Waals surface area contributed by atoms with Crippen molar-refractivity contribution in [3.63, 3.8) is 0 Å². The predicted molar refractivity (Wildman–Crippen MR) is 88.4 cm³/mol. The number of rotatable bonds is 5. The van der Waals surface area contributed by atoms with Crippen LogP contribution >= 0.6 is 0 Å². The summed E-state index contributed by atoms with van der Waals surface area (Å²) in [5.74, 6) is -0.105. The van der Waals surface area contributed by atoms with Crippen LogP contribution in [0.5, 0.6) is 17.2 Å². The molecular formula is C18H16N2O4. The van der Waals surface area contributed by atoms with Crippen LogP contribution in [0.4, 0.5) is 0 Å². The van der Waals surface area contributed by atoms with Crippen LogP contribution in [-0.2, 0) is 6.42 Å². The van der Waals surface area contributed by atoms with Gasteiger partial charge in [0.2, 0.25) is 0 Å². The Morgan fingerprint density at radius 1 is 1.17 bits per heavy atom. The Labute approximate surface area is 138 Å². The van der Waals surface area contributed by atoms with Gasteiger partial charge in [-0.2, -0.15) is 5.10 Å². The lowest BCUT2D eigenvalue weighted by Gasteiger charge is -2.06. The van der Waals surface area contributed by atoms with Crippen LogP contribution in [0, 0.1) is 0 Å². The quantitative estimate of drug-likeness (QED) is 0.627. The van der Waals surface area contributed by atoms with Gasteiger partial charge in [0.1, 0.15) is 22.9 Å². The number of methoxy groups -OCH3 is 1. The molecule has 0 saturated heterocycles. The normalized spacial score (nSPS) is 10.5. The highest BCUT2D eigenvalue weighted by molar-refractivity contribution is 6.00. The van der Waals surface area contributed by atoms with E-state index < -0.39 is 0 Å². The van der Waals surface area contributed by atoms with Crippen molar-refractivity contribution < 1.29 is 19.7 Å². The minimum absolute atomic E-state index is 0.0177. The highest BCUT2D eigenvalue weighted by Gasteiger charge is 2.20. The summed E-state index contributed by atoms with van der Waals surface area (Å²) in [6, 6.07) is 13.8. The van der Waals surface area contributed by atoms with E-state index in [1.165, 1.54) is 13.2 Å². The van der Waals surface area contributed by atoms with Crippen molar-refractivity contribution in [3.8, 4) is 28.5 Å². The molecule has 1 aromatic heterocycles. The van der Waals surface area contributed by atoms with Crippen molar-refractivity contribution in [2.24, 2.45) is 0 Å². The molecule has 0 bridgehead atoms. The number of ketones is 1. The fraction of sp³-hybridized carbons (Fsp3) is 0.111. The van der Waals surface area contributed by atoms with Crippen molar-refractivity contribution in [2.45, 2.75) is 6.42 Å². The molecule has 0 unspecified atom stereocenters. The molecular weight excluding hydrogens is 308 g/mol. The Morgan fingerprint density at radius 2 is 1.92 bits per heavy atom. The number of carbonyl (C=O) groups excluding carboxylic acids is 1. The van der Waals surface area contributed by atoms with E-state index in [0.717, 1.165) is 0 Å². The fourth-order valence-electron chi connectivity index (χ4n) is 2.41. The second-order valence-electron chi connectivity index (χ2n) is 5.26. The first-order valence-electron chi connectivity index (χ1n) is 7.32. The van der Waals surface area contributed by atoms with Gasteiger partial charge >= 0.3 is 0 Å². The van der Waals surface area contributed by atoms with Crippen molar-refractivity contribution >= 4 is 5.78 Å². The molecule has 0 aliphatic heterocycles. The number of benzene rings is 2. The van der Waals surface area contributed by atoms with Gasteiger partial charge in [0.05, 0.1) is 7.11 Å². The summed E-state index contributed by atoms with van der Waals surface area (Å²) in [6.07, 6.45) is -0.0696. The van der Waals surface area contributed by atoms with Gasteiger partial charge in [-0.1, -0.05) is 36.4 Å². The maximum absolute atomic E-state index is 12.4. The van der Waals surface area contributed by atoms with E-state index >= 15 is 0 Å². The van der Waals surface area contributed by atoms with Crippen molar-refractivity contribution in [1.82, 2.24) is 10.2 Å². The van der Waals surface area contributed by atoms with Crippen LogP contribution in [-0.4, -0.2) is 33.3 Å². The summed E-state index contributed by atoms with van der Waals surface area (Å²) in [6.45, 7) is 0. The van der Waals surface area contributed by atoms with Gasteiger partial charge < -0.3 is 14.9 Å². The first-order valence-corrected chi connectivity index (χ1v) is 7.32. The Morgan fingerprint density at radius 3 is 2.58 bits per heavy atom. The molecule has 6 nitrogen and oxygen atoms in total. The molecule has 0 atom stereocenters. The van der Waals surface area contributed by atoms with Gasteiger partial charge in [-0.15, -0.1) is 0 Å². The van der Waals surface area contributed by atoms with E-state index in [4.69, 9.17) is 4.74 Å². The van der Waals surface area contributed by atoms with Gasteiger partial charge in [-0.05, 0) is 6.07 Å². The smallest absolute Gasteiger partial charge is 0.188 e. The van der Waals surface area contributed by atoms with Crippen LogP contribution in [0.25, 0.3) is 11.3 Å². The number of hydrogen-bond acceptors (Lipinski definition) is 5. The number of aromatic nitrogens is 2.